The molecule has 2 aromatic rings. The van der Waals surface area contributed by atoms with Crippen molar-refractivity contribution in [2.75, 3.05) is 12.5 Å². The normalized spacial score (nSPS) is 10.7. The van der Waals surface area contributed by atoms with Crippen LogP contribution in [0.25, 0.3) is 11.6 Å². The van der Waals surface area contributed by atoms with Gasteiger partial charge in [-0.05, 0) is 31.9 Å². The van der Waals surface area contributed by atoms with E-state index in [-0.39, 0.29) is 0 Å². The number of hydrogen-bond acceptors (Lipinski definition) is 6. The summed E-state index contributed by atoms with van der Waals surface area (Å²) in [5.41, 5.74) is 3.19. The van der Waals surface area contributed by atoms with Crippen LogP contribution < -0.4 is 11.3 Å². The van der Waals surface area contributed by atoms with Gasteiger partial charge in [0.1, 0.15) is 5.82 Å². The molecule has 0 unspecified atom stereocenters. The van der Waals surface area contributed by atoms with E-state index in [9.17, 15) is 0 Å². The molecule has 18 heavy (non-hydrogen) atoms. The predicted molar refractivity (Wildman–Crippen MR) is 73.7 cm³/mol. The molecule has 0 aliphatic heterocycles. The predicted octanol–water partition coefficient (Wildman–Crippen LogP) is 2.69. The van der Waals surface area contributed by atoms with Gasteiger partial charge in [0, 0.05) is 19.2 Å². The first-order valence-electron chi connectivity index (χ1n) is 4.92. The van der Waals surface area contributed by atoms with E-state index >= 15 is 0 Å². The topological polar surface area (TPSA) is 86.2 Å². The quantitative estimate of drug-likeness (QED) is 0.629. The van der Waals surface area contributed by atoms with E-state index in [0.717, 1.165) is 4.47 Å². The lowest BCUT2D eigenvalue weighted by Crippen LogP contribution is -2.10. The summed E-state index contributed by atoms with van der Waals surface area (Å²) in [5, 5.41) is 0. The van der Waals surface area contributed by atoms with Crippen LogP contribution in [0.4, 0.5) is 5.82 Å². The zero-order valence-corrected chi connectivity index (χ0v) is 12.6. The molecule has 96 valence electrons. The minimum Gasteiger partial charge on any atom is -0.445 e. The first-order chi connectivity index (χ1) is 8.63. The van der Waals surface area contributed by atoms with Gasteiger partial charge in [-0.2, -0.15) is 0 Å². The highest BCUT2D eigenvalue weighted by Crippen LogP contribution is 2.31. The summed E-state index contributed by atoms with van der Waals surface area (Å²) in [6, 6.07) is 3.48. The number of ether oxygens (including phenoxy) is 1. The van der Waals surface area contributed by atoms with E-state index in [1.807, 2.05) is 0 Å². The van der Waals surface area contributed by atoms with Crippen molar-refractivity contribution in [3.8, 4) is 11.6 Å². The standard InChI is InChI=1S/C10H10Br2N4O2/c1-17-4-5-2-8(16-13)15-10(14-5)7-3-6(11)9(12)18-7/h2-3H,4,13H2,1H3,(H,14,15,16). The number of aromatic nitrogens is 2. The molecule has 2 heterocycles. The van der Waals surface area contributed by atoms with Gasteiger partial charge in [-0.25, -0.2) is 15.8 Å². The Kier molecular flexibility index (Phi) is 4.33. The fourth-order valence-corrected chi connectivity index (χ4v) is 1.94. The monoisotopic (exact) mass is 376 g/mol. The molecule has 0 amide bonds. The molecule has 3 N–H and O–H groups in total. The van der Waals surface area contributed by atoms with E-state index in [4.69, 9.17) is 15.0 Å². The highest BCUT2D eigenvalue weighted by Gasteiger charge is 2.13. The fourth-order valence-electron chi connectivity index (χ4n) is 1.36. The second-order valence-corrected chi connectivity index (χ2v) is 4.95. The van der Waals surface area contributed by atoms with E-state index in [0.29, 0.717) is 34.4 Å². The average Bonchev–Trinajstić information content (AvgIpc) is 2.70. The van der Waals surface area contributed by atoms with Crippen LogP contribution in [0.3, 0.4) is 0 Å². The van der Waals surface area contributed by atoms with Gasteiger partial charge < -0.3 is 14.6 Å². The van der Waals surface area contributed by atoms with Crippen LogP contribution in [0, 0.1) is 0 Å². The SMILES string of the molecule is COCc1cc(NN)nc(-c2cc(Br)c(Br)o2)n1. The van der Waals surface area contributed by atoms with Crippen molar-refractivity contribution in [2.24, 2.45) is 5.84 Å². The van der Waals surface area contributed by atoms with E-state index < -0.39 is 0 Å². The van der Waals surface area contributed by atoms with Crippen LogP contribution in [0.5, 0.6) is 0 Å². The molecule has 0 atom stereocenters. The molecule has 0 spiro atoms. The van der Waals surface area contributed by atoms with E-state index in [2.05, 4.69) is 47.3 Å². The van der Waals surface area contributed by atoms with Crippen LogP contribution in [-0.2, 0) is 11.3 Å². The van der Waals surface area contributed by atoms with E-state index in [1.54, 1.807) is 19.2 Å². The van der Waals surface area contributed by atoms with Gasteiger partial charge in [0.25, 0.3) is 0 Å². The van der Waals surface area contributed by atoms with Crippen molar-refractivity contribution >= 4 is 37.7 Å². The lowest BCUT2D eigenvalue weighted by molar-refractivity contribution is 0.181. The number of anilines is 1. The number of furan rings is 1. The largest absolute Gasteiger partial charge is 0.445 e. The molecule has 0 fully saturated rings. The Morgan fingerprint density at radius 1 is 1.39 bits per heavy atom. The molecule has 2 rings (SSSR count). The van der Waals surface area contributed by atoms with Gasteiger partial charge in [0.2, 0.25) is 0 Å². The number of nitrogens with zero attached hydrogens (tertiary/aromatic N) is 2. The number of nitrogens with two attached hydrogens (primary N) is 1. The molecular weight excluding hydrogens is 368 g/mol. The van der Waals surface area contributed by atoms with Crippen molar-refractivity contribution in [3.05, 3.63) is 27.0 Å². The molecule has 0 radical (unpaired) electrons. The third-order valence-corrected chi connectivity index (χ3v) is 3.79. The van der Waals surface area contributed by atoms with Crippen molar-refractivity contribution in [2.45, 2.75) is 6.61 Å². The zero-order chi connectivity index (χ0) is 13.1. The molecule has 0 bridgehead atoms. The Morgan fingerprint density at radius 2 is 2.17 bits per heavy atom. The van der Waals surface area contributed by atoms with Crippen molar-refractivity contribution < 1.29 is 9.15 Å². The molecule has 0 aliphatic rings. The molecule has 0 saturated carbocycles. The first kappa shape index (κ1) is 13.5. The van der Waals surface area contributed by atoms with Crippen LogP contribution in [0.15, 0.2) is 25.7 Å². The Labute approximate surface area is 120 Å². The second kappa shape index (κ2) is 5.79. The lowest BCUT2D eigenvalue weighted by Gasteiger charge is -2.05. The number of nitrogen functional groups attached to an aromatic ring is 1. The summed E-state index contributed by atoms with van der Waals surface area (Å²) >= 11 is 6.60. The molecule has 0 aliphatic carbocycles. The smallest absolute Gasteiger partial charge is 0.198 e. The summed E-state index contributed by atoms with van der Waals surface area (Å²) in [7, 11) is 1.59. The lowest BCUT2D eigenvalue weighted by atomic mass is 10.3. The number of methoxy groups -OCH3 is 1. The highest BCUT2D eigenvalue weighted by molar-refractivity contribution is 9.13. The minimum absolute atomic E-state index is 0.368. The number of halogens is 2. The van der Waals surface area contributed by atoms with Gasteiger partial charge in [0.05, 0.1) is 16.8 Å². The van der Waals surface area contributed by atoms with Gasteiger partial charge in [0.15, 0.2) is 16.3 Å². The first-order valence-corrected chi connectivity index (χ1v) is 6.51. The third kappa shape index (κ3) is 2.89. The summed E-state index contributed by atoms with van der Waals surface area (Å²) < 4.78 is 11.9. The van der Waals surface area contributed by atoms with Gasteiger partial charge >= 0.3 is 0 Å². The molecular formula is C10H10Br2N4O2. The van der Waals surface area contributed by atoms with Crippen molar-refractivity contribution in [3.63, 3.8) is 0 Å². The summed E-state index contributed by atoms with van der Waals surface area (Å²) in [6.45, 7) is 0.368. The van der Waals surface area contributed by atoms with Gasteiger partial charge in [-0.15, -0.1) is 0 Å². The van der Waals surface area contributed by atoms with Gasteiger partial charge in [-0.3, -0.25) is 0 Å². The van der Waals surface area contributed by atoms with Crippen LogP contribution in [0.1, 0.15) is 5.69 Å². The highest BCUT2D eigenvalue weighted by atomic mass is 79.9. The number of hydrazine groups is 1. The van der Waals surface area contributed by atoms with Crippen LogP contribution in [0.2, 0.25) is 0 Å². The molecule has 2 aromatic heterocycles. The van der Waals surface area contributed by atoms with Crippen molar-refractivity contribution in [1.82, 2.24) is 9.97 Å². The Bertz CT molecular complexity index is 539. The Balaban J connectivity index is 2.45. The summed E-state index contributed by atoms with van der Waals surface area (Å²) in [5.74, 6) is 6.83. The Morgan fingerprint density at radius 3 is 2.72 bits per heavy atom. The van der Waals surface area contributed by atoms with Crippen LogP contribution >= 0.6 is 31.9 Å². The fraction of sp³-hybridized carbons (Fsp3) is 0.200. The minimum atomic E-state index is 0.368. The van der Waals surface area contributed by atoms with Gasteiger partial charge in [-0.1, -0.05) is 0 Å². The molecule has 0 aromatic carbocycles. The molecule has 8 heteroatoms. The molecule has 6 nitrogen and oxygen atoms in total. The number of rotatable bonds is 4. The maximum Gasteiger partial charge on any atom is 0.198 e. The summed E-state index contributed by atoms with van der Waals surface area (Å²) in [4.78, 5) is 8.55. The van der Waals surface area contributed by atoms with Crippen LogP contribution in [-0.4, -0.2) is 17.1 Å². The van der Waals surface area contributed by atoms with E-state index in [1.165, 1.54) is 0 Å². The Hall–Kier alpha value is -0.960. The number of hydrogen-bond donors (Lipinski definition) is 2. The summed E-state index contributed by atoms with van der Waals surface area (Å²) in [6.07, 6.45) is 0. The average molecular weight is 378 g/mol. The van der Waals surface area contributed by atoms with Crippen molar-refractivity contribution in [1.29, 1.82) is 0 Å². The maximum absolute atomic E-state index is 5.47. The zero-order valence-electron chi connectivity index (χ0n) is 9.41. The second-order valence-electron chi connectivity index (χ2n) is 3.38. The number of nitrogens with one attached hydrogen (secondary N) is 1. The maximum atomic E-state index is 5.47. The molecule has 0 saturated heterocycles. The third-order valence-electron chi connectivity index (χ3n) is 2.08.